The Kier molecular flexibility index (Phi) is 36.1. The topological polar surface area (TPSA) is 344 Å². The normalized spacial score (nSPS) is 11.5. The first kappa shape index (κ1) is 99.9. The fourth-order valence-corrected chi connectivity index (χ4v) is 12.8. The molecule has 29 nitrogen and oxygen atoms in total. The summed E-state index contributed by atoms with van der Waals surface area (Å²) >= 11 is 24.5. The second-order valence-corrected chi connectivity index (χ2v) is 28.4. The summed E-state index contributed by atoms with van der Waals surface area (Å²) in [7, 11) is 10.1. The van der Waals surface area contributed by atoms with Gasteiger partial charge in [0.05, 0.1) is 133 Å². The fourth-order valence-electron chi connectivity index (χ4n) is 11.7. The number of carboxylic acid groups (broad SMARTS) is 1. The number of aliphatic hydroxyl groups excluding tert-OH is 1. The Morgan fingerprint density at radius 2 is 0.730 bits per heavy atom. The van der Waals surface area contributed by atoms with E-state index < -0.39 is 170 Å². The number of hydrogen-bond acceptors (Lipinski definition) is 26. The Labute approximate surface area is 731 Å². The van der Waals surface area contributed by atoms with Crippen molar-refractivity contribution in [2.24, 2.45) is 0 Å². The number of rotatable bonds is 34. The first-order chi connectivity index (χ1) is 59.8. The van der Waals surface area contributed by atoms with E-state index in [0.29, 0.717) is 29.1 Å². The molecule has 0 spiro atoms. The van der Waals surface area contributed by atoms with Crippen molar-refractivity contribution in [3.05, 3.63) is 244 Å². The predicted octanol–water partition coefficient (Wildman–Crippen LogP) is 16.7. The Balaban J connectivity index is 0.000000234. The van der Waals surface area contributed by atoms with Crippen molar-refractivity contribution in [2.45, 2.75) is 55.6 Å². The standard InChI is InChI=1S/C28H23ClF4N4O6S.C26H23Cl2F4N3O6.C26H24ClF4N3O7/c1-41-12-17(13-42-2)37(26(38)22-4-3-16(29)10-35-22)23-8-21(30)24(7-19(23)27(39)40)43-25-20(28(31,32)33)6-15(9-36-25)5-18-11-34-14-44-18;1-38-12-16(13-39-2)35(24(36)20-5-4-15(28)11-33-20)21-8-19(29)22(7-17(21)25(37)40-3)41-23-18(26(30,31)32)6-14(9-27)10-34-23;1-38-12-16(13-39-2)34(24(36)20-5-4-15(27)10-32-20)21-8-19(28)22(7-17(21)25(37)40-3)41-23-18(26(29,30)31)6-14(11-35)9-33-23/h3-4,6-11,14,17H,5,12-13H2,1-2H3,(H,39,40);4-8,10-11,16H,9,12-13H2,1-3H3;4-10,16,35H,11-13H2,1-3H3. The molecule has 10 rings (SSSR count). The molecule has 0 saturated heterocycles. The minimum absolute atomic E-state index is 0.0460. The molecule has 0 fully saturated rings. The van der Waals surface area contributed by atoms with Gasteiger partial charge in [-0.15, -0.1) is 22.9 Å². The van der Waals surface area contributed by atoms with Crippen LogP contribution in [0.5, 0.6) is 34.9 Å². The molecule has 7 aromatic heterocycles. The van der Waals surface area contributed by atoms with Gasteiger partial charge < -0.3 is 62.3 Å². The number of benzene rings is 3. The molecule has 0 unspecified atom stereocenters. The third-order valence-corrected chi connectivity index (χ3v) is 18.9. The number of pyridine rings is 6. The van der Waals surface area contributed by atoms with Crippen LogP contribution in [0.25, 0.3) is 0 Å². The predicted molar refractivity (Wildman–Crippen MR) is 428 cm³/mol. The summed E-state index contributed by atoms with van der Waals surface area (Å²) in [6, 6.07) is 11.7. The van der Waals surface area contributed by atoms with E-state index in [4.69, 9.17) is 98.5 Å². The van der Waals surface area contributed by atoms with E-state index in [0.717, 1.165) is 77.8 Å². The van der Waals surface area contributed by atoms with Crippen molar-refractivity contribution in [1.29, 1.82) is 0 Å². The zero-order valence-electron chi connectivity index (χ0n) is 66.6. The number of hydrogen-bond donors (Lipinski definition) is 2. The molecule has 3 amide bonds. The largest absolute Gasteiger partial charge is 0.478 e. The number of ether oxygens (including phenoxy) is 11. The Bertz CT molecular complexity index is 5230. The number of carboxylic acids is 1. The number of aromatic nitrogens is 7. The smallest absolute Gasteiger partial charge is 0.421 e. The summed E-state index contributed by atoms with van der Waals surface area (Å²) in [5.74, 6) is -15.7. The van der Waals surface area contributed by atoms with Gasteiger partial charge in [0.1, 0.15) is 33.8 Å². The molecule has 7 heterocycles. The van der Waals surface area contributed by atoms with Crippen molar-refractivity contribution in [3.63, 3.8) is 0 Å². The Hall–Kier alpha value is -11.6. The number of aromatic carboxylic acids is 1. The number of amides is 3. The maximum atomic E-state index is 15.6. The highest BCUT2D eigenvalue weighted by Crippen LogP contribution is 2.45. The van der Waals surface area contributed by atoms with E-state index in [1.165, 1.54) is 121 Å². The summed E-state index contributed by atoms with van der Waals surface area (Å²) in [6.07, 6.45) is -6.52. The van der Waals surface area contributed by atoms with Crippen LogP contribution >= 0.6 is 57.7 Å². The Morgan fingerprint density at radius 1 is 0.421 bits per heavy atom. The van der Waals surface area contributed by atoms with Crippen molar-refractivity contribution in [3.8, 4) is 34.9 Å². The van der Waals surface area contributed by atoms with E-state index in [-0.39, 0.29) is 112 Å². The number of carbonyl (C=O) groups excluding carboxylic acids is 5. The lowest BCUT2D eigenvalue weighted by atomic mass is 10.1. The zero-order chi connectivity index (χ0) is 92.7. The van der Waals surface area contributed by atoms with Gasteiger partial charge in [-0.05, 0) is 71.3 Å². The molecule has 0 saturated carbocycles. The van der Waals surface area contributed by atoms with E-state index in [1.807, 2.05) is 0 Å². The van der Waals surface area contributed by atoms with Gasteiger partial charge >= 0.3 is 36.4 Å². The van der Waals surface area contributed by atoms with Crippen molar-refractivity contribution in [1.82, 2.24) is 34.9 Å². The second-order valence-electron chi connectivity index (χ2n) is 25.8. The summed E-state index contributed by atoms with van der Waals surface area (Å²) in [6.45, 7) is -1.59. The van der Waals surface area contributed by atoms with E-state index >= 15 is 13.2 Å². The van der Waals surface area contributed by atoms with Gasteiger partial charge in [-0.2, -0.15) is 39.5 Å². The van der Waals surface area contributed by atoms with Crippen LogP contribution in [0.4, 0.5) is 69.7 Å². The van der Waals surface area contributed by atoms with E-state index in [9.17, 15) is 78.5 Å². The molecule has 2 N–H and O–H groups in total. The number of anilines is 3. The third-order valence-electron chi connectivity index (χ3n) is 17.2. The number of halogens is 16. The lowest BCUT2D eigenvalue weighted by molar-refractivity contribution is -0.139. The maximum absolute atomic E-state index is 15.6. The van der Waals surface area contributed by atoms with Gasteiger partial charge in [-0.25, -0.2) is 57.5 Å². The molecule has 10 aromatic rings. The van der Waals surface area contributed by atoms with Crippen LogP contribution in [0.15, 0.2) is 140 Å². The molecule has 0 radical (unpaired) electrons. The third kappa shape index (κ3) is 25.8. The number of carbonyl (C=O) groups is 6. The minimum atomic E-state index is -4.97. The number of nitrogens with zero attached hydrogens (tertiary/aromatic N) is 10. The van der Waals surface area contributed by atoms with Gasteiger partial charge in [0, 0.05) is 140 Å². The molecule has 0 atom stereocenters. The first-order valence-electron chi connectivity index (χ1n) is 35.8. The van der Waals surface area contributed by atoms with Crippen LogP contribution in [-0.4, -0.2) is 195 Å². The molecule has 672 valence electrons. The summed E-state index contributed by atoms with van der Waals surface area (Å²) in [5, 5.41) is 20.0. The molecule has 3 aromatic carbocycles. The molecule has 0 aliphatic rings. The quantitative estimate of drug-likeness (QED) is 0.0215. The summed E-state index contributed by atoms with van der Waals surface area (Å²) < 4.78 is 227. The second kappa shape index (κ2) is 45.6. The van der Waals surface area contributed by atoms with Crippen LogP contribution in [0.2, 0.25) is 15.1 Å². The number of aliphatic hydroxyl groups is 1. The lowest BCUT2D eigenvalue weighted by Crippen LogP contribution is -2.47. The number of esters is 2. The number of methoxy groups -OCH3 is 8. The zero-order valence-corrected chi connectivity index (χ0v) is 70.5. The van der Waals surface area contributed by atoms with Crippen LogP contribution in [0, 0.1) is 17.5 Å². The van der Waals surface area contributed by atoms with Gasteiger partial charge in [0.15, 0.2) is 34.7 Å². The number of alkyl halides is 10. The molecular formula is C80H70Cl4F12N10O19S. The van der Waals surface area contributed by atoms with Crippen LogP contribution in [0.1, 0.15) is 101 Å². The van der Waals surface area contributed by atoms with Gasteiger partial charge in [0.25, 0.3) is 17.7 Å². The Morgan fingerprint density at radius 3 is 1.01 bits per heavy atom. The van der Waals surface area contributed by atoms with Crippen molar-refractivity contribution >= 4 is 110 Å². The van der Waals surface area contributed by atoms with Crippen molar-refractivity contribution in [2.75, 3.05) is 111 Å². The average molecular weight is 1880 g/mol. The van der Waals surface area contributed by atoms with Gasteiger partial charge in [0.2, 0.25) is 17.6 Å². The van der Waals surface area contributed by atoms with Crippen molar-refractivity contribution < 1.29 is 144 Å². The minimum Gasteiger partial charge on any atom is -0.478 e. The highest BCUT2D eigenvalue weighted by Gasteiger charge is 2.42. The average Bonchev–Trinajstić information content (AvgIpc) is 0.875. The maximum Gasteiger partial charge on any atom is 0.421 e. The fraction of sp³-hybridized carbons (Fsp3) is 0.287. The molecular weight excluding hydrogens is 1810 g/mol. The van der Waals surface area contributed by atoms with E-state index in [1.54, 1.807) is 0 Å². The highest BCUT2D eigenvalue weighted by molar-refractivity contribution is 7.09. The molecule has 0 aliphatic heterocycles. The van der Waals surface area contributed by atoms with Gasteiger partial charge in [-0.1, -0.05) is 34.8 Å². The SMILES string of the molecule is COCC(COC)N(C(=O)c1ccc(Cl)cn1)c1cc(F)c(Oc2ncc(CCl)cc2C(F)(F)F)cc1C(=O)OC.COCC(COC)N(C(=O)c1ccc(Cl)cn1)c1cc(F)c(Oc2ncc(CO)cc2C(F)(F)F)cc1C(=O)OC.COCC(COC)N(C(=O)c1ccc(Cl)cn1)c1cc(F)c(Oc2ncc(Cc3cncs3)cc2C(F)(F)F)cc1C(=O)O. The number of thiazole rings is 1. The summed E-state index contributed by atoms with van der Waals surface area (Å²) in [4.78, 5) is 109. The van der Waals surface area contributed by atoms with Crippen LogP contribution < -0.4 is 28.9 Å². The summed E-state index contributed by atoms with van der Waals surface area (Å²) in [5.41, 5.74) is -5.45. The van der Waals surface area contributed by atoms with Gasteiger partial charge in [-0.3, -0.25) is 34.1 Å². The lowest BCUT2D eigenvalue weighted by Gasteiger charge is -2.32. The molecule has 126 heavy (non-hydrogen) atoms. The molecule has 0 bridgehead atoms. The van der Waals surface area contributed by atoms with Crippen LogP contribution in [-0.2, 0) is 75.3 Å². The molecule has 46 heteroatoms. The highest BCUT2D eigenvalue weighted by atomic mass is 35.5. The first-order valence-corrected chi connectivity index (χ1v) is 38.3. The van der Waals surface area contributed by atoms with Crippen LogP contribution in [0.3, 0.4) is 0 Å². The monoisotopic (exact) mass is 1870 g/mol. The van der Waals surface area contributed by atoms with E-state index in [2.05, 4.69) is 34.9 Å². The molecule has 0 aliphatic carbocycles.